The van der Waals surface area contributed by atoms with E-state index < -0.39 is 0 Å². The molecule has 1 rings (SSSR count). The van der Waals surface area contributed by atoms with Gasteiger partial charge in [0.05, 0.1) is 5.92 Å². The third-order valence-electron chi connectivity index (χ3n) is 4.22. The highest BCUT2D eigenvalue weighted by molar-refractivity contribution is 5.81. The number of carbonyl (C=O) groups excluding carboxylic acids is 2. The van der Waals surface area contributed by atoms with Crippen LogP contribution >= 0.6 is 0 Å². The van der Waals surface area contributed by atoms with Crippen LogP contribution in [0.2, 0.25) is 0 Å². The van der Waals surface area contributed by atoms with Gasteiger partial charge in [-0.3, -0.25) is 9.59 Å². The first-order chi connectivity index (χ1) is 9.45. The normalized spacial score (nSPS) is 20.9. The molecule has 5 nitrogen and oxygen atoms in total. The van der Waals surface area contributed by atoms with Crippen molar-refractivity contribution < 1.29 is 9.59 Å². The van der Waals surface area contributed by atoms with Crippen LogP contribution in [0.15, 0.2) is 0 Å². The number of nitrogens with one attached hydrogen (secondary N) is 1. The summed E-state index contributed by atoms with van der Waals surface area (Å²) in [5.74, 6) is 1.03. The van der Waals surface area contributed by atoms with E-state index in [1.807, 2.05) is 4.90 Å². The Morgan fingerprint density at radius 3 is 2.65 bits per heavy atom. The quantitative estimate of drug-likeness (QED) is 0.763. The molecule has 116 valence electrons. The molecule has 1 aliphatic rings. The minimum Gasteiger partial charge on any atom is -0.355 e. The maximum Gasteiger partial charge on any atom is 0.224 e. The molecule has 1 fully saturated rings. The zero-order valence-electron chi connectivity index (χ0n) is 13.0. The SMILES string of the molecule is CC(C)C(C)CC(=O)N1CCCC(C(=O)NCCN)C1. The first kappa shape index (κ1) is 17.0. The molecule has 0 bridgehead atoms. The number of nitrogens with two attached hydrogens (primary N) is 1. The molecule has 0 saturated carbocycles. The fourth-order valence-corrected chi connectivity index (χ4v) is 2.40. The highest BCUT2D eigenvalue weighted by atomic mass is 16.2. The van der Waals surface area contributed by atoms with Crippen molar-refractivity contribution in [3.8, 4) is 0 Å². The Bertz CT molecular complexity index is 331. The first-order valence-corrected chi connectivity index (χ1v) is 7.71. The minimum atomic E-state index is -0.0754. The fraction of sp³-hybridized carbons (Fsp3) is 0.867. The second-order valence-electron chi connectivity index (χ2n) is 6.18. The number of carbonyl (C=O) groups is 2. The molecular weight excluding hydrogens is 254 g/mol. The van der Waals surface area contributed by atoms with Crippen molar-refractivity contribution in [1.29, 1.82) is 0 Å². The van der Waals surface area contributed by atoms with Crippen molar-refractivity contribution in [2.24, 2.45) is 23.5 Å². The van der Waals surface area contributed by atoms with Gasteiger partial charge in [-0.2, -0.15) is 0 Å². The second kappa shape index (κ2) is 8.25. The van der Waals surface area contributed by atoms with Crippen LogP contribution in [0, 0.1) is 17.8 Å². The lowest BCUT2D eigenvalue weighted by atomic mass is 9.92. The molecule has 1 heterocycles. The van der Waals surface area contributed by atoms with Gasteiger partial charge in [0, 0.05) is 32.6 Å². The summed E-state index contributed by atoms with van der Waals surface area (Å²) < 4.78 is 0. The Balaban J connectivity index is 2.47. The summed E-state index contributed by atoms with van der Waals surface area (Å²) >= 11 is 0. The highest BCUT2D eigenvalue weighted by Gasteiger charge is 2.28. The van der Waals surface area contributed by atoms with Gasteiger partial charge in [-0.15, -0.1) is 0 Å². The Labute approximate surface area is 122 Å². The van der Waals surface area contributed by atoms with E-state index in [-0.39, 0.29) is 17.7 Å². The van der Waals surface area contributed by atoms with Crippen LogP contribution in [0.1, 0.15) is 40.0 Å². The van der Waals surface area contributed by atoms with Crippen LogP contribution in [-0.4, -0.2) is 42.9 Å². The fourth-order valence-electron chi connectivity index (χ4n) is 2.40. The third kappa shape index (κ3) is 5.12. The molecular formula is C15H29N3O2. The molecule has 1 saturated heterocycles. The van der Waals surface area contributed by atoms with E-state index in [1.165, 1.54) is 0 Å². The lowest BCUT2D eigenvalue weighted by Crippen LogP contribution is -2.46. The molecule has 2 amide bonds. The maximum absolute atomic E-state index is 12.3. The van der Waals surface area contributed by atoms with E-state index in [0.29, 0.717) is 37.9 Å². The number of rotatable bonds is 6. The van der Waals surface area contributed by atoms with Gasteiger partial charge in [0.1, 0.15) is 0 Å². The smallest absolute Gasteiger partial charge is 0.224 e. The van der Waals surface area contributed by atoms with Crippen molar-refractivity contribution in [1.82, 2.24) is 10.2 Å². The molecule has 0 aromatic heterocycles. The molecule has 0 radical (unpaired) electrons. The predicted octanol–water partition coefficient (Wildman–Crippen LogP) is 0.982. The minimum absolute atomic E-state index is 0.0323. The highest BCUT2D eigenvalue weighted by Crippen LogP contribution is 2.20. The van der Waals surface area contributed by atoms with Gasteiger partial charge in [0.25, 0.3) is 0 Å². The monoisotopic (exact) mass is 283 g/mol. The van der Waals surface area contributed by atoms with Crippen molar-refractivity contribution in [3.05, 3.63) is 0 Å². The van der Waals surface area contributed by atoms with Gasteiger partial charge in [-0.05, 0) is 24.7 Å². The lowest BCUT2D eigenvalue weighted by molar-refractivity contribution is -0.136. The average Bonchev–Trinajstić information content (AvgIpc) is 2.44. The van der Waals surface area contributed by atoms with E-state index in [1.54, 1.807) is 0 Å². The maximum atomic E-state index is 12.3. The van der Waals surface area contributed by atoms with E-state index >= 15 is 0 Å². The Morgan fingerprint density at radius 2 is 2.05 bits per heavy atom. The predicted molar refractivity (Wildman–Crippen MR) is 80.0 cm³/mol. The molecule has 2 unspecified atom stereocenters. The molecule has 1 aliphatic heterocycles. The van der Waals surface area contributed by atoms with Crippen LogP contribution in [0.3, 0.4) is 0 Å². The zero-order valence-corrected chi connectivity index (χ0v) is 13.0. The first-order valence-electron chi connectivity index (χ1n) is 7.71. The Morgan fingerprint density at radius 1 is 1.35 bits per heavy atom. The van der Waals surface area contributed by atoms with Crippen molar-refractivity contribution >= 4 is 11.8 Å². The second-order valence-corrected chi connectivity index (χ2v) is 6.18. The standard InChI is InChI=1S/C15H29N3O2/c1-11(2)12(3)9-14(19)18-8-4-5-13(10-18)15(20)17-7-6-16/h11-13H,4-10,16H2,1-3H3,(H,17,20). The van der Waals surface area contributed by atoms with Crippen molar-refractivity contribution in [2.75, 3.05) is 26.2 Å². The molecule has 3 N–H and O–H groups in total. The van der Waals surface area contributed by atoms with Crippen molar-refractivity contribution in [2.45, 2.75) is 40.0 Å². The summed E-state index contributed by atoms with van der Waals surface area (Å²) in [5, 5.41) is 2.82. The van der Waals surface area contributed by atoms with Gasteiger partial charge in [0.2, 0.25) is 11.8 Å². The Hall–Kier alpha value is -1.10. The largest absolute Gasteiger partial charge is 0.355 e. The van der Waals surface area contributed by atoms with E-state index in [4.69, 9.17) is 5.73 Å². The number of amides is 2. The van der Waals surface area contributed by atoms with E-state index in [9.17, 15) is 9.59 Å². The molecule has 0 spiro atoms. The summed E-state index contributed by atoms with van der Waals surface area (Å²) in [6.45, 7) is 8.68. The van der Waals surface area contributed by atoms with E-state index in [2.05, 4.69) is 26.1 Å². The topological polar surface area (TPSA) is 75.4 Å². The lowest BCUT2D eigenvalue weighted by Gasteiger charge is -2.33. The molecule has 20 heavy (non-hydrogen) atoms. The van der Waals surface area contributed by atoms with Gasteiger partial charge >= 0.3 is 0 Å². The summed E-state index contributed by atoms with van der Waals surface area (Å²) in [6.07, 6.45) is 2.34. The van der Waals surface area contributed by atoms with Crippen molar-refractivity contribution in [3.63, 3.8) is 0 Å². The Kier molecular flexibility index (Phi) is 6.99. The number of likely N-dealkylation sites (tertiary alicyclic amines) is 1. The number of nitrogens with zero attached hydrogens (tertiary/aromatic N) is 1. The molecule has 0 aromatic rings. The third-order valence-corrected chi connectivity index (χ3v) is 4.22. The average molecular weight is 283 g/mol. The van der Waals surface area contributed by atoms with Crippen LogP contribution in [-0.2, 0) is 9.59 Å². The van der Waals surface area contributed by atoms with Crippen LogP contribution in [0.25, 0.3) is 0 Å². The van der Waals surface area contributed by atoms with Crippen LogP contribution < -0.4 is 11.1 Å². The molecule has 0 aliphatic carbocycles. The van der Waals surface area contributed by atoms with Crippen LogP contribution in [0.5, 0.6) is 0 Å². The molecule has 2 atom stereocenters. The van der Waals surface area contributed by atoms with Gasteiger partial charge in [0.15, 0.2) is 0 Å². The zero-order chi connectivity index (χ0) is 15.1. The number of hydrogen-bond donors (Lipinski definition) is 2. The molecule has 5 heteroatoms. The summed E-state index contributed by atoms with van der Waals surface area (Å²) in [6, 6.07) is 0. The van der Waals surface area contributed by atoms with Gasteiger partial charge < -0.3 is 16.0 Å². The van der Waals surface area contributed by atoms with E-state index in [0.717, 1.165) is 19.4 Å². The van der Waals surface area contributed by atoms with Gasteiger partial charge in [-0.25, -0.2) is 0 Å². The molecule has 0 aromatic carbocycles. The summed E-state index contributed by atoms with van der Waals surface area (Å²) in [5.41, 5.74) is 5.39. The summed E-state index contributed by atoms with van der Waals surface area (Å²) in [4.78, 5) is 26.1. The van der Waals surface area contributed by atoms with Gasteiger partial charge in [-0.1, -0.05) is 20.8 Å². The number of piperidine rings is 1. The number of hydrogen-bond acceptors (Lipinski definition) is 3. The summed E-state index contributed by atoms with van der Waals surface area (Å²) in [7, 11) is 0. The van der Waals surface area contributed by atoms with Crippen LogP contribution in [0.4, 0.5) is 0 Å².